The number of para-hydroxylation sites is 1. The Morgan fingerprint density at radius 1 is 0.886 bits per heavy atom. The van der Waals surface area contributed by atoms with Crippen LogP contribution in [0.1, 0.15) is 56.2 Å². The van der Waals surface area contributed by atoms with Gasteiger partial charge in [-0.1, -0.05) is 74.2 Å². The molecule has 0 radical (unpaired) electrons. The van der Waals surface area contributed by atoms with Crippen LogP contribution in [0.5, 0.6) is 5.75 Å². The zero-order valence-electron chi connectivity index (χ0n) is 25.4. The van der Waals surface area contributed by atoms with Gasteiger partial charge in [0.25, 0.3) is 11.8 Å². The number of hydrogen-bond acceptors (Lipinski definition) is 5. The van der Waals surface area contributed by atoms with Crippen molar-refractivity contribution in [2.45, 2.75) is 53.0 Å². The number of ether oxygens (including phenoxy) is 1. The number of aryl methyl sites for hydroxylation is 1. The van der Waals surface area contributed by atoms with E-state index < -0.39 is 11.8 Å². The largest absolute Gasteiger partial charge is 0.494 e. The van der Waals surface area contributed by atoms with Crippen molar-refractivity contribution >= 4 is 17.9 Å². The van der Waals surface area contributed by atoms with Gasteiger partial charge in [0, 0.05) is 22.9 Å². The summed E-state index contributed by atoms with van der Waals surface area (Å²) in [4.78, 5) is 28.3. The molecular formula is C37H36N4O3. The summed E-state index contributed by atoms with van der Waals surface area (Å²) in [6, 6.07) is 27.2. The highest BCUT2D eigenvalue weighted by Crippen LogP contribution is 2.32. The summed E-state index contributed by atoms with van der Waals surface area (Å²) in [5.74, 6) is -0.242. The minimum Gasteiger partial charge on any atom is -0.494 e. The first-order valence-electron chi connectivity index (χ1n) is 15.0. The monoisotopic (exact) mass is 584 g/mol. The molecule has 0 fully saturated rings. The summed E-state index contributed by atoms with van der Waals surface area (Å²) in [6.45, 7) is 6.56. The zero-order valence-corrected chi connectivity index (χ0v) is 25.4. The number of nitriles is 1. The number of nitrogens with zero attached hydrogens (tertiary/aromatic N) is 4. The average Bonchev–Trinajstić information content (AvgIpc) is 3.47. The lowest BCUT2D eigenvalue weighted by molar-refractivity contribution is -0.141. The number of unbranched alkanes of at least 4 members (excludes halogenated alkanes) is 3. The number of benzene rings is 3. The smallest absolute Gasteiger partial charge is 0.271 e. The number of rotatable bonds is 11. The number of imide groups is 1. The Morgan fingerprint density at radius 3 is 2.30 bits per heavy atom. The van der Waals surface area contributed by atoms with Crippen molar-refractivity contribution in [1.29, 1.82) is 5.26 Å². The van der Waals surface area contributed by atoms with Gasteiger partial charge >= 0.3 is 0 Å². The molecule has 1 aromatic heterocycles. The van der Waals surface area contributed by atoms with Crippen molar-refractivity contribution in [3.8, 4) is 28.8 Å². The van der Waals surface area contributed by atoms with E-state index in [1.165, 1.54) is 12.8 Å². The average molecular weight is 585 g/mol. The van der Waals surface area contributed by atoms with Crippen molar-refractivity contribution < 1.29 is 14.3 Å². The molecule has 0 spiro atoms. The van der Waals surface area contributed by atoms with Crippen molar-refractivity contribution in [1.82, 2.24) is 14.7 Å². The van der Waals surface area contributed by atoms with Crippen LogP contribution < -0.4 is 4.74 Å². The molecule has 0 aliphatic carbocycles. The van der Waals surface area contributed by atoms with E-state index in [4.69, 9.17) is 9.84 Å². The van der Waals surface area contributed by atoms with Crippen molar-refractivity contribution in [2.24, 2.45) is 0 Å². The van der Waals surface area contributed by atoms with Crippen LogP contribution in [0, 0.1) is 18.3 Å². The summed E-state index contributed by atoms with van der Waals surface area (Å²) in [7, 11) is 0. The molecule has 3 aromatic carbocycles. The lowest BCUT2D eigenvalue weighted by Gasteiger charge is -2.27. The van der Waals surface area contributed by atoms with Gasteiger partial charge in [0.2, 0.25) is 0 Å². The molecule has 0 saturated carbocycles. The third-order valence-electron chi connectivity index (χ3n) is 7.74. The molecule has 5 rings (SSSR count). The first kappa shape index (κ1) is 30.2. The molecule has 1 aliphatic heterocycles. The zero-order chi connectivity index (χ0) is 31.1. The summed E-state index contributed by atoms with van der Waals surface area (Å²) >= 11 is 0. The maximum atomic E-state index is 13.9. The van der Waals surface area contributed by atoms with Gasteiger partial charge in [0.1, 0.15) is 17.4 Å². The first-order valence-corrected chi connectivity index (χ1v) is 15.0. The third-order valence-corrected chi connectivity index (χ3v) is 7.74. The van der Waals surface area contributed by atoms with Gasteiger partial charge in [-0.3, -0.25) is 14.5 Å². The topological polar surface area (TPSA) is 88.2 Å². The molecule has 0 unspecified atom stereocenters. The molecule has 2 amide bonds. The standard InChI is InChI=1S/C37H36N4O3/c1-4-5-6-10-21-44-32-19-17-29(18-20-32)35-30(25-41(39-35)31-11-8-7-9-12-31)22-33-27(3)34(23-38)37(43)40(36(33)42)24-28-15-13-26(2)14-16-28/h7-9,11-20,22,25H,4-6,10,21,24H2,1-3H3/b33-22+. The Hall–Kier alpha value is -5.22. The predicted molar refractivity (Wildman–Crippen MR) is 172 cm³/mol. The molecule has 7 heteroatoms. The number of hydrogen-bond donors (Lipinski definition) is 0. The first-order chi connectivity index (χ1) is 21.4. The Bertz CT molecular complexity index is 1740. The Labute approximate surface area is 258 Å². The SMILES string of the molecule is CCCCCCOc1ccc(-c2nn(-c3ccccc3)cc2/C=C2/C(=O)N(Cc3ccc(C)cc3)C(=O)C(C#N)=C2C)cc1. The maximum absolute atomic E-state index is 13.9. The second kappa shape index (κ2) is 13.8. The van der Waals surface area contributed by atoms with E-state index in [1.54, 1.807) is 17.7 Å². The Balaban J connectivity index is 1.53. The van der Waals surface area contributed by atoms with Crippen molar-refractivity contribution in [3.63, 3.8) is 0 Å². The minimum absolute atomic E-state index is 0.0413. The predicted octanol–water partition coefficient (Wildman–Crippen LogP) is 7.60. The summed E-state index contributed by atoms with van der Waals surface area (Å²) in [6.07, 6.45) is 8.16. The lowest BCUT2D eigenvalue weighted by atomic mass is 9.93. The molecule has 7 nitrogen and oxygen atoms in total. The fourth-order valence-electron chi connectivity index (χ4n) is 5.16. The third kappa shape index (κ3) is 6.71. The Morgan fingerprint density at radius 2 is 1.61 bits per heavy atom. The van der Waals surface area contributed by atoms with E-state index in [9.17, 15) is 14.9 Å². The van der Waals surface area contributed by atoms with Crippen LogP contribution in [-0.4, -0.2) is 33.1 Å². The molecule has 1 aliphatic rings. The highest BCUT2D eigenvalue weighted by atomic mass is 16.5. The molecular weight excluding hydrogens is 548 g/mol. The summed E-state index contributed by atoms with van der Waals surface area (Å²) in [5.41, 5.74) is 5.54. The highest BCUT2D eigenvalue weighted by Gasteiger charge is 2.35. The van der Waals surface area contributed by atoms with Crippen LogP contribution in [0.2, 0.25) is 0 Å². The van der Waals surface area contributed by atoms with Crippen LogP contribution in [0.25, 0.3) is 23.0 Å². The minimum atomic E-state index is -0.585. The van der Waals surface area contributed by atoms with E-state index in [0.29, 0.717) is 23.4 Å². The second-order valence-electron chi connectivity index (χ2n) is 11.0. The van der Waals surface area contributed by atoms with E-state index in [2.05, 4.69) is 6.92 Å². The van der Waals surface area contributed by atoms with Crippen molar-refractivity contribution in [3.05, 3.63) is 118 Å². The molecule has 4 aromatic rings. The molecule has 0 bridgehead atoms. The fourth-order valence-corrected chi connectivity index (χ4v) is 5.16. The molecule has 2 heterocycles. The van der Waals surface area contributed by atoms with Gasteiger partial charge in [-0.25, -0.2) is 4.68 Å². The maximum Gasteiger partial charge on any atom is 0.271 e. The van der Waals surface area contributed by atoms with Crippen LogP contribution in [0.3, 0.4) is 0 Å². The van der Waals surface area contributed by atoms with Gasteiger partial charge in [-0.05, 0) is 73.9 Å². The Kier molecular flexibility index (Phi) is 9.51. The van der Waals surface area contributed by atoms with Crippen LogP contribution in [0.15, 0.2) is 102 Å². The van der Waals surface area contributed by atoms with Gasteiger partial charge in [0.15, 0.2) is 0 Å². The number of carbonyl (C=O) groups is 2. The number of aromatic nitrogens is 2. The normalized spacial score (nSPS) is 14.3. The van der Waals surface area contributed by atoms with Crippen molar-refractivity contribution in [2.75, 3.05) is 6.61 Å². The molecule has 0 N–H and O–H groups in total. The lowest BCUT2D eigenvalue weighted by Crippen LogP contribution is -2.42. The highest BCUT2D eigenvalue weighted by molar-refractivity contribution is 6.19. The van der Waals surface area contributed by atoms with Gasteiger partial charge in [0.05, 0.1) is 24.5 Å². The number of amides is 2. The van der Waals surface area contributed by atoms with E-state index in [1.807, 2.05) is 98.1 Å². The number of carbonyl (C=O) groups excluding carboxylic acids is 2. The van der Waals surface area contributed by atoms with E-state index >= 15 is 0 Å². The quantitative estimate of drug-likeness (QED) is 0.103. The molecule has 0 saturated heterocycles. The van der Waals surface area contributed by atoms with Gasteiger partial charge in [-0.15, -0.1) is 0 Å². The second-order valence-corrected chi connectivity index (χ2v) is 11.0. The van der Waals surface area contributed by atoms with Crippen LogP contribution in [-0.2, 0) is 16.1 Å². The van der Waals surface area contributed by atoms with Crippen LogP contribution >= 0.6 is 0 Å². The van der Waals surface area contributed by atoms with E-state index in [0.717, 1.165) is 45.9 Å². The van der Waals surface area contributed by atoms with Gasteiger partial charge < -0.3 is 4.74 Å². The van der Waals surface area contributed by atoms with E-state index in [-0.39, 0.29) is 17.7 Å². The molecule has 0 atom stereocenters. The van der Waals surface area contributed by atoms with Crippen LogP contribution in [0.4, 0.5) is 0 Å². The summed E-state index contributed by atoms with van der Waals surface area (Å²) < 4.78 is 7.71. The summed E-state index contributed by atoms with van der Waals surface area (Å²) in [5, 5.41) is 14.8. The molecule has 44 heavy (non-hydrogen) atoms. The van der Waals surface area contributed by atoms with Gasteiger partial charge in [-0.2, -0.15) is 10.4 Å². The fraction of sp³-hybridized carbons (Fsp3) is 0.243. The molecule has 222 valence electrons.